The van der Waals surface area contributed by atoms with Crippen LogP contribution in [0.15, 0.2) is 60.7 Å². The van der Waals surface area contributed by atoms with Crippen molar-refractivity contribution >= 4 is 44.0 Å². The van der Waals surface area contributed by atoms with Crippen LogP contribution >= 0.6 is 12.4 Å². The molecule has 0 saturated heterocycles. The SMILES string of the molecule is CCCC(N)C(O)C(=O)NCC(=O)OCc1ccccc1.Cl.[B]CONC(CCC)C(O)C(=O)NCC(=O)OCc1ccccc1. The van der Waals surface area contributed by atoms with Crippen molar-refractivity contribution in [3.05, 3.63) is 71.8 Å². The molecule has 2 aromatic rings. The molecule has 2 radical (unpaired) electrons. The van der Waals surface area contributed by atoms with Crippen molar-refractivity contribution in [3.63, 3.8) is 0 Å². The number of hydrogen-bond donors (Lipinski definition) is 6. The van der Waals surface area contributed by atoms with Crippen molar-refractivity contribution in [2.75, 3.05) is 19.6 Å². The van der Waals surface area contributed by atoms with Crippen LogP contribution in [0.4, 0.5) is 0 Å². The van der Waals surface area contributed by atoms with E-state index in [1.165, 1.54) is 0 Å². The largest absolute Gasteiger partial charge is 0.460 e. The normalized spacial score (nSPS) is 12.9. The summed E-state index contributed by atoms with van der Waals surface area (Å²) < 4.78 is 10.0. The Labute approximate surface area is 277 Å². The van der Waals surface area contributed by atoms with Gasteiger partial charge in [-0.3, -0.25) is 19.2 Å². The van der Waals surface area contributed by atoms with E-state index in [1.807, 2.05) is 74.5 Å². The molecule has 0 heterocycles. The average Bonchev–Trinajstić information content (AvgIpc) is 3.06. The Morgan fingerprint density at radius 2 is 1.20 bits per heavy atom. The fourth-order valence-corrected chi connectivity index (χ4v) is 3.72. The van der Waals surface area contributed by atoms with Gasteiger partial charge >= 0.3 is 11.9 Å². The third-order valence-corrected chi connectivity index (χ3v) is 6.16. The summed E-state index contributed by atoms with van der Waals surface area (Å²) in [4.78, 5) is 51.4. The molecular weight excluding hydrogens is 619 g/mol. The zero-order chi connectivity index (χ0) is 33.5. The number of hydrogen-bond acceptors (Lipinski definition) is 11. The lowest BCUT2D eigenvalue weighted by atomic mass is 10.1. The Morgan fingerprint density at radius 3 is 1.61 bits per heavy atom. The van der Waals surface area contributed by atoms with Crippen molar-refractivity contribution in [1.29, 1.82) is 0 Å². The first-order valence-corrected chi connectivity index (χ1v) is 14.8. The molecule has 0 fully saturated rings. The quantitative estimate of drug-likeness (QED) is 0.0705. The number of esters is 2. The van der Waals surface area contributed by atoms with Gasteiger partial charge in [0.15, 0.2) is 0 Å². The maximum absolute atomic E-state index is 11.9. The molecular formula is C31H46BClN4O9. The number of carbonyl (C=O) groups excluding carboxylic acids is 4. The van der Waals surface area contributed by atoms with E-state index in [0.717, 1.165) is 24.0 Å². The Hall–Kier alpha value is -3.53. The summed E-state index contributed by atoms with van der Waals surface area (Å²) in [6, 6.07) is 17.2. The van der Waals surface area contributed by atoms with E-state index >= 15 is 0 Å². The Bertz CT molecular complexity index is 1140. The van der Waals surface area contributed by atoms with Gasteiger partial charge in [0, 0.05) is 12.5 Å². The minimum Gasteiger partial charge on any atom is -0.460 e. The standard InChI is InChI=1S/C16H23BN2O5.C15H22N2O4.ClH/c1-2-6-13(19-24-11-17)15(21)16(22)18-9-14(20)23-10-12-7-4-3-5-8-12;1-2-6-12(16)14(19)15(20)17-9-13(18)21-10-11-7-4-3-5-8-11;/h3-5,7-8,13,15,19,21H,2,6,9-11H2,1H3,(H,18,22);3-5,7-8,12,14,19H,2,6,9-10,16H2,1H3,(H,17,20);1H. The third-order valence-electron chi connectivity index (χ3n) is 6.16. The third kappa shape index (κ3) is 18.4. The highest BCUT2D eigenvalue weighted by molar-refractivity contribution is 6.08. The number of aliphatic hydroxyl groups is 2. The van der Waals surface area contributed by atoms with Crippen LogP contribution in [0, 0.1) is 0 Å². The van der Waals surface area contributed by atoms with E-state index in [1.54, 1.807) is 0 Å². The smallest absolute Gasteiger partial charge is 0.325 e. The number of nitrogens with two attached hydrogens (primary N) is 1. The van der Waals surface area contributed by atoms with Crippen LogP contribution in [0.3, 0.4) is 0 Å². The van der Waals surface area contributed by atoms with E-state index in [9.17, 15) is 29.4 Å². The predicted octanol–water partition coefficient (Wildman–Crippen LogP) is 0.779. The van der Waals surface area contributed by atoms with E-state index < -0.39 is 48.0 Å². The Balaban J connectivity index is 0.000000869. The second-order valence-corrected chi connectivity index (χ2v) is 9.89. The molecule has 254 valence electrons. The molecule has 0 bridgehead atoms. The van der Waals surface area contributed by atoms with E-state index in [2.05, 4.69) is 16.1 Å². The minimum atomic E-state index is -1.36. The number of halogens is 1. The lowest BCUT2D eigenvalue weighted by Gasteiger charge is -2.22. The molecule has 15 heteroatoms. The fourth-order valence-electron chi connectivity index (χ4n) is 3.72. The van der Waals surface area contributed by atoms with E-state index in [0.29, 0.717) is 12.8 Å². The molecule has 2 aromatic carbocycles. The van der Waals surface area contributed by atoms with Gasteiger partial charge in [0.2, 0.25) is 0 Å². The summed E-state index contributed by atoms with van der Waals surface area (Å²) in [6.07, 6.45) is -0.134. The van der Waals surface area contributed by atoms with Gasteiger partial charge in [0.05, 0.1) is 6.04 Å². The van der Waals surface area contributed by atoms with Crippen LogP contribution < -0.4 is 21.8 Å². The molecule has 4 atom stereocenters. The van der Waals surface area contributed by atoms with Crippen molar-refractivity contribution in [3.8, 4) is 0 Å². The number of amides is 2. The molecule has 0 aliphatic heterocycles. The van der Waals surface area contributed by atoms with Crippen LogP contribution in [0.2, 0.25) is 0 Å². The first-order chi connectivity index (χ1) is 21.6. The van der Waals surface area contributed by atoms with Crippen LogP contribution in [0.5, 0.6) is 0 Å². The minimum absolute atomic E-state index is 0. The zero-order valence-electron chi connectivity index (χ0n) is 26.3. The summed E-state index contributed by atoms with van der Waals surface area (Å²) in [7, 11) is 5.20. The molecule has 0 aromatic heterocycles. The van der Waals surface area contributed by atoms with Crippen molar-refractivity contribution in [2.45, 2.75) is 77.0 Å². The number of aliphatic hydroxyl groups excluding tert-OH is 2. The lowest BCUT2D eigenvalue weighted by Crippen LogP contribution is -2.49. The predicted molar refractivity (Wildman–Crippen MR) is 174 cm³/mol. The average molecular weight is 665 g/mol. The van der Waals surface area contributed by atoms with Crippen molar-refractivity contribution in [2.24, 2.45) is 5.73 Å². The summed E-state index contributed by atoms with van der Waals surface area (Å²) in [6.45, 7) is 3.39. The first-order valence-electron chi connectivity index (χ1n) is 14.8. The lowest BCUT2D eigenvalue weighted by molar-refractivity contribution is -0.146. The molecule has 0 aliphatic rings. The molecule has 46 heavy (non-hydrogen) atoms. The van der Waals surface area contributed by atoms with Gasteiger partial charge in [-0.25, -0.2) is 0 Å². The van der Waals surface area contributed by atoms with Crippen LogP contribution in [-0.2, 0) is 46.7 Å². The fraction of sp³-hybridized carbons (Fsp3) is 0.484. The topological polar surface area (TPSA) is 199 Å². The molecule has 0 saturated carbocycles. The van der Waals surface area contributed by atoms with Gasteiger partial charge in [-0.2, -0.15) is 5.48 Å². The van der Waals surface area contributed by atoms with Crippen molar-refractivity contribution < 1.29 is 43.7 Å². The highest BCUT2D eigenvalue weighted by Crippen LogP contribution is 2.05. The van der Waals surface area contributed by atoms with Gasteiger partial charge < -0.3 is 40.9 Å². The zero-order valence-corrected chi connectivity index (χ0v) is 27.1. The number of ether oxygens (including phenoxy) is 2. The maximum atomic E-state index is 11.9. The number of benzene rings is 2. The molecule has 7 N–H and O–H groups in total. The van der Waals surface area contributed by atoms with Gasteiger partial charge in [0.25, 0.3) is 11.8 Å². The summed E-state index contributed by atoms with van der Waals surface area (Å²) in [5.74, 6) is -2.49. The number of hydroxylamine groups is 1. The van der Waals surface area contributed by atoms with Gasteiger partial charge in [-0.05, 0) is 24.0 Å². The summed E-state index contributed by atoms with van der Waals surface area (Å²) >= 11 is 0. The van der Waals surface area contributed by atoms with Gasteiger partial charge in [-0.1, -0.05) is 87.4 Å². The van der Waals surface area contributed by atoms with Crippen molar-refractivity contribution in [1.82, 2.24) is 16.1 Å². The van der Waals surface area contributed by atoms with E-state index in [-0.39, 0.29) is 45.2 Å². The number of nitrogens with one attached hydrogen (secondary N) is 3. The number of rotatable bonds is 19. The Kier molecular flexibility index (Phi) is 23.7. The Morgan fingerprint density at radius 1 is 0.761 bits per heavy atom. The number of carbonyl (C=O) groups is 4. The highest BCUT2D eigenvalue weighted by atomic mass is 35.5. The highest BCUT2D eigenvalue weighted by Gasteiger charge is 2.26. The summed E-state index contributed by atoms with van der Waals surface area (Å²) in [5.41, 5.74) is 9.89. The molecule has 2 rings (SSSR count). The van der Waals surface area contributed by atoms with Gasteiger partial charge in [-0.15, -0.1) is 12.4 Å². The van der Waals surface area contributed by atoms with Gasteiger partial charge in [0.1, 0.15) is 46.4 Å². The molecule has 13 nitrogen and oxygen atoms in total. The second kappa shape index (κ2) is 25.6. The van der Waals surface area contributed by atoms with Crippen LogP contribution in [0.25, 0.3) is 0 Å². The van der Waals surface area contributed by atoms with Crippen LogP contribution in [0.1, 0.15) is 50.7 Å². The monoisotopic (exact) mass is 664 g/mol. The van der Waals surface area contributed by atoms with E-state index in [4.69, 9.17) is 27.9 Å². The first kappa shape index (κ1) is 42.5. The molecule has 0 aliphatic carbocycles. The summed E-state index contributed by atoms with van der Waals surface area (Å²) in [5, 5.41) is 24.3. The maximum Gasteiger partial charge on any atom is 0.325 e. The molecule has 4 unspecified atom stereocenters. The van der Waals surface area contributed by atoms with Crippen LogP contribution in [-0.4, -0.2) is 85.7 Å². The molecule has 0 spiro atoms. The molecule has 2 amide bonds. The second-order valence-electron chi connectivity index (χ2n) is 9.89.